The Bertz CT molecular complexity index is 385. The van der Waals surface area contributed by atoms with E-state index in [-0.39, 0.29) is 0 Å². The zero-order valence-corrected chi connectivity index (χ0v) is 12.6. The summed E-state index contributed by atoms with van der Waals surface area (Å²) in [7, 11) is 0. The summed E-state index contributed by atoms with van der Waals surface area (Å²) in [6, 6.07) is 6.87. The molecule has 0 saturated heterocycles. The highest BCUT2D eigenvalue weighted by molar-refractivity contribution is 9.10. The Labute approximate surface area is 113 Å². The second-order valence-corrected chi connectivity index (χ2v) is 5.30. The zero-order valence-electron chi connectivity index (χ0n) is 11.0. The molecule has 1 rings (SSSR count). The first-order chi connectivity index (χ1) is 8.08. The molecule has 0 amide bonds. The lowest BCUT2D eigenvalue weighted by molar-refractivity contribution is 0.541. The molecule has 1 atom stereocenters. The fourth-order valence-corrected chi connectivity index (χ4v) is 2.42. The van der Waals surface area contributed by atoms with Crippen LogP contribution in [0.3, 0.4) is 0 Å². The molecule has 0 bridgehead atoms. The summed E-state index contributed by atoms with van der Waals surface area (Å²) in [6.07, 6.45) is 2.05. The van der Waals surface area contributed by atoms with Crippen molar-refractivity contribution in [1.82, 2.24) is 5.32 Å². The van der Waals surface area contributed by atoms with Crippen molar-refractivity contribution in [2.45, 2.75) is 39.7 Å². The normalized spacial score (nSPS) is 12.5. The van der Waals surface area contributed by atoms with Gasteiger partial charge in [0.25, 0.3) is 0 Å². The van der Waals surface area contributed by atoms with E-state index in [0.717, 1.165) is 19.4 Å². The third-order valence-corrected chi connectivity index (χ3v) is 3.69. The molecule has 0 aliphatic carbocycles. The summed E-state index contributed by atoms with van der Waals surface area (Å²) in [5.41, 5.74) is 3.93. The molecule has 0 spiro atoms. The summed E-state index contributed by atoms with van der Waals surface area (Å²) in [5, 5.41) is 3.54. The van der Waals surface area contributed by atoms with Crippen LogP contribution < -0.4 is 5.32 Å². The maximum atomic E-state index is 4.12. The molecular weight excluding hydrogens is 274 g/mol. The number of hydrogen-bond donors (Lipinski definition) is 1. The minimum Gasteiger partial charge on any atom is -0.310 e. The predicted octanol–water partition coefficient (Wildman–Crippen LogP) is 4.76. The van der Waals surface area contributed by atoms with Gasteiger partial charge in [-0.3, -0.25) is 0 Å². The SMILES string of the molecule is C=C(CC)CC(NCC)c1cc(C)ccc1Br. The van der Waals surface area contributed by atoms with E-state index in [0.29, 0.717) is 6.04 Å². The first-order valence-electron chi connectivity index (χ1n) is 6.24. The van der Waals surface area contributed by atoms with E-state index in [1.54, 1.807) is 0 Å². The van der Waals surface area contributed by atoms with Gasteiger partial charge in [-0.05, 0) is 37.9 Å². The number of aryl methyl sites for hydroxylation is 1. The third kappa shape index (κ3) is 4.29. The highest BCUT2D eigenvalue weighted by Crippen LogP contribution is 2.29. The molecule has 0 fully saturated rings. The van der Waals surface area contributed by atoms with Crippen LogP contribution >= 0.6 is 15.9 Å². The number of benzene rings is 1. The molecule has 0 aromatic heterocycles. The minimum absolute atomic E-state index is 0.363. The van der Waals surface area contributed by atoms with E-state index in [1.807, 2.05) is 0 Å². The Kier molecular flexibility index (Phi) is 5.93. The standard InChI is InChI=1S/C15H22BrN/c1-5-11(3)10-15(17-6-2)13-9-12(4)7-8-14(13)16/h7-9,15,17H,3,5-6,10H2,1-2,4H3. The van der Waals surface area contributed by atoms with E-state index in [1.165, 1.54) is 21.2 Å². The average molecular weight is 296 g/mol. The largest absolute Gasteiger partial charge is 0.310 e. The van der Waals surface area contributed by atoms with E-state index in [9.17, 15) is 0 Å². The van der Waals surface area contributed by atoms with Gasteiger partial charge >= 0.3 is 0 Å². The Morgan fingerprint density at radius 2 is 2.12 bits per heavy atom. The molecule has 1 aromatic rings. The molecule has 1 unspecified atom stereocenters. The molecule has 17 heavy (non-hydrogen) atoms. The molecule has 0 heterocycles. The lowest BCUT2D eigenvalue weighted by Crippen LogP contribution is -2.21. The highest BCUT2D eigenvalue weighted by Gasteiger charge is 2.14. The summed E-state index contributed by atoms with van der Waals surface area (Å²) < 4.78 is 1.18. The van der Waals surface area contributed by atoms with Gasteiger partial charge in [-0.1, -0.05) is 59.6 Å². The number of halogens is 1. The fourth-order valence-electron chi connectivity index (χ4n) is 1.90. The van der Waals surface area contributed by atoms with Crippen molar-refractivity contribution in [3.05, 3.63) is 46.0 Å². The molecule has 0 saturated carbocycles. The molecule has 0 aliphatic rings. The van der Waals surface area contributed by atoms with Crippen LogP contribution in [0.2, 0.25) is 0 Å². The Morgan fingerprint density at radius 3 is 2.71 bits per heavy atom. The maximum absolute atomic E-state index is 4.12. The van der Waals surface area contributed by atoms with Gasteiger partial charge in [0, 0.05) is 10.5 Å². The highest BCUT2D eigenvalue weighted by atomic mass is 79.9. The van der Waals surface area contributed by atoms with Gasteiger partial charge in [0.1, 0.15) is 0 Å². The molecule has 1 nitrogen and oxygen atoms in total. The van der Waals surface area contributed by atoms with Crippen LogP contribution in [0, 0.1) is 6.92 Å². The van der Waals surface area contributed by atoms with Gasteiger partial charge in [-0.25, -0.2) is 0 Å². The topological polar surface area (TPSA) is 12.0 Å². The van der Waals surface area contributed by atoms with Crippen LogP contribution in [-0.4, -0.2) is 6.54 Å². The summed E-state index contributed by atoms with van der Waals surface area (Å²) >= 11 is 3.64. The Balaban J connectivity index is 2.95. The molecule has 94 valence electrons. The molecule has 2 heteroatoms. The van der Waals surface area contributed by atoms with Crippen LogP contribution in [0.1, 0.15) is 43.9 Å². The van der Waals surface area contributed by atoms with Crippen LogP contribution in [0.25, 0.3) is 0 Å². The first-order valence-corrected chi connectivity index (χ1v) is 7.03. The van der Waals surface area contributed by atoms with Crippen molar-refractivity contribution < 1.29 is 0 Å². The van der Waals surface area contributed by atoms with Gasteiger partial charge in [-0.15, -0.1) is 0 Å². The van der Waals surface area contributed by atoms with Gasteiger partial charge in [0.2, 0.25) is 0 Å². The summed E-state index contributed by atoms with van der Waals surface area (Å²) in [5.74, 6) is 0. The van der Waals surface area contributed by atoms with Crippen LogP contribution in [0.4, 0.5) is 0 Å². The molecule has 1 N–H and O–H groups in total. The first kappa shape index (κ1) is 14.5. The van der Waals surface area contributed by atoms with E-state index in [4.69, 9.17) is 0 Å². The van der Waals surface area contributed by atoms with Crippen LogP contribution in [0.5, 0.6) is 0 Å². The molecule has 0 aliphatic heterocycles. The van der Waals surface area contributed by atoms with Crippen molar-refractivity contribution in [1.29, 1.82) is 0 Å². The van der Waals surface area contributed by atoms with E-state index >= 15 is 0 Å². The zero-order chi connectivity index (χ0) is 12.8. The van der Waals surface area contributed by atoms with Gasteiger partial charge < -0.3 is 5.32 Å². The van der Waals surface area contributed by atoms with Crippen molar-refractivity contribution in [2.75, 3.05) is 6.54 Å². The third-order valence-electron chi connectivity index (χ3n) is 2.97. The number of nitrogens with one attached hydrogen (secondary N) is 1. The van der Waals surface area contributed by atoms with E-state index in [2.05, 4.69) is 66.8 Å². The van der Waals surface area contributed by atoms with Crippen LogP contribution in [-0.2, 0) is 0 Å². The predicted molar refractivity (Wildman–Crippen MR) is 79.3 cm³/mol. The van der Waals surface area contributed by atoms with Crippen molar-refractivity contribution in [3.63, 3.8) is 0 Å². The Morgan fingerprint density at radius 1 is 1.41 bits per heavy atom. The van der Waals surface area contributed by atoms with E-state index < -0.39 is 0 Å². The second kappa shape index (κ2) is 6.97. The van der Waals surface area contributed by atoms with Gasteiger partial charge in [0.15, 0.2) is 0 Å². The fraction of sp³-hybridized carbons (Fsp3) is 0.467. The summed E-state index contributed by atoms with van der Waals surface area (Å²) in [6.45, 7) is 11.5. The minimum atomic E-state index is 0.363. The van der Waals surface area contributed by atoms with Gasteiger partial charge in [0.05, 0.1) is 0 Å². The molecule has 1 aromatic carbocycles. The Hall–Kier alpha value is -0.600. The summed E-state index contributed by atoms with van der Waals surface area (Å²) in [4.78, 5) is 0. The van der Waals surface area contributed by atoms with Gasteiger partial charge in [-0.2, -0.15) is 0 Å². The van der Waals surface area contributed by atoms with Crippen LogP contribution in [0.15, 0.2) is 34.8 Å². The average Bonchev–Trinajstić information content (AvgIpc) is 2.31. The number of hydrogen-bond acceptors (Lipinski definition) is 1. The number of rotatable bonds is 6. The maximum Gasteiger partial charge on any atom is 0.0368 e. The second-order valence-electron chi connectivity index (χ2n) is 4.44. The van der Waals surface area contributed by atoms with Crippen molar-refractivity contribution >= 4 is 15.9 Å². The van der Waals surface area contributed by atoms with Crippen molar-refractivity contribution in [2.24, 2.45) is 0 Å². The smallest absolute Gasteiger partial charge is 0.0368 e. The lowest BCUT2D eigenvalue weighted by atomic mass is 9.97. The quantitative estimate of drug-likeness (QED) is 0.746. The molecular formula is C15H22BrN. The molecule has 0 radical (unpaired) electrons. The van der Waals surface area contributed by atoms with Crippen molar-refractivity contribution in [3.8, 4) is 0 Å². The lowest BCUT2D eigenvalue weighted by Gasteiger charge is -2.21. The monoisotopic (exact) mass is 295 g/mol.